The van der Waals surface area contributed by atoms with Crippen LogP contribution in [0.15, 0.2) is 30.5 Å². The van der Waals surface area contributed by atoms with Gasteiger partial charge in [-0.05, 0) is 30.5 Å². The van der Waals surface area contributed by atoms with E-state index < -0.39 is 0 Å². The first-order chi connectivity index (χ1) is 10.7. The molecular formula is C18H22N2O2. The van der Waals surface area contributed by atoms with Gasteiger partial charge in [0.2, 0.25) is 5.91 Å². The predicted molar refractivity (Wildman–Crippen MR) is 88.1 cm³/mol. The van der Waals surface area contributed by atoms with Crippen LogP contribution in [0.5, 0.6) is 5.75 Å². The standard InChI is InChI=1S/C18H22N2O2/c1-22-16-8-7-14-10-15(12-19-17(14)11-16)20-18(21)9-6-13-4-2-3-5-13/h7-8,10-13H,2-6,9H2,1H3,(H,20,21). The summed E-state index contributed by atoms with van der Waals surface area (Å²) in [5, 5.41) is 3.95. The number of ether oxygens (including phenoxy) is 1. The molecule has 0 aliphatic heterocycles. The van der Waals surface area contributed by atoms with Gasteiger partial charge in [-0.25, -0.2) is 0 Å². The average Bonchev–Trinajstić information content (AvgIpc) is 3.06. The molecule has 1 aliphatic carbocycles. The number of nitrogens with one attached hydrogen (secondary N) is 1. The number of rotatable bonds is 5. The van der Waals surface area contributed by atoms with Crippen molar-refractivity contribution in [3.63, 3.8) is 0 Å². The Kier molecular flexibility index (Phi) is 4.56. The number of aromatic nitrogens is 1. The molecule has 22 heavy (non-hydrogen) atoms. The highest BCUT2D eigenvalue weighted by atomic mass is 16.5. The van der Waals surface area contributed by atoms with Gasteiger partial charge >= 0.3 is 0 Å². The molecule has 4 heteroatoms. The fourth-order valence-electron chi connectivity index (χ4n) is 3.15. The first-order valence-corrected chi connectivity index (χ1v) is 7.98. The van der Waals surface area contributed by atoms with Crippen molar-refractivity contribution in [1.29, 1.82) is 0 Å². The van der Waals surface area contributed by atoms with E-state index in [2.05, 4.69) is 10.3 Å². The zero-order chi connectivity index (χ0) is 15.4. The van der Waals surface area contributed by atoms with Crippen molar-refractivity contribution in [2.24, 2.45) is 5.92 Å². The van der Waals surface area contributed by atoms with Crippen LogP contribution in [-0.2, 0) is 4.79 Å². The van der Waals surface area contributed by atoms with E-state index in [-0.39, 0.29) is 5.91 Å². The van der Waals surface area contributed by atoms with Gasteiger partial charge in [0.1, 0.15) is 5.75 Å². The molecule has 0 atom stereocenters. The maximum atomic E-state index is 12.0. The van der Waals surface area contributed by atoms with Crippen LogP contribution >= 0.6 is 0 Å². The Bertz CT molecular complexity index is 663. The number of nitrogens with zero attached hydrogens (tertiary/aromatic N) is 1. The molecule has 1 aliphatic rings. The molecule has 4 nitrogen and oxygen atoms in total. The highest BCUT2D eigenvalue weighted by Gasteiger charge is 2.16. The number of pyridine rings is 1. The molecule has 1 saturated carbocycles. The molecule has 1 N–H and O–H groups in total. The minimum atomic E-state index is 0.0848. The molecule has 0 spiro atoms. The summed E-state index contributed by atoms with van der Waals surface area (Å²) in [7, 11) is 1.64. The molecule has 116 valence electrons. The second kappa shape index (κ2) is 6.77. The van der Waals surface area contributed by atoms with Crippen molar-refractivity contribution in [3.05, 3.63) is 30.5 Å². The summed E-state index contributed by atoms with van der Waals surface area (Å²) in [4.78, 5) is 16.4. The van der Waals surface area contributed by atoms with Gasteiger partial charge in [-0.2, -0.15) is 0 Å². The summed E-state index contributed by atoms with van der Waals surface area (Å²) in [6.45, 7) is 0. The number of methoxy groups -OCH3 is 1. The zero-order valence-electron chi connectivity index (χ0n) is 13.0. The second-order valence-corrected chi connectivity index (χ2v) is 6.02. The minimum Gasteiger partial charge on any atom is -0.497 e. The summed E-state index contributed by atoms with van der Waals surface area (Å²) < 4.78 is 5.19. The predicted octanol–water partition coefficient (Wildman–Crippen LogP) is 4.15. The van der Waals surface area contributed by atoms with E-state index >= 15 is 0 Å². The van der Waals surface area contributed by atoms with Crippen molar-refractivity contribution in [2.75, 3.05) is 12.4 Å². The lowest BCUT2D eigenvalue weighted by Crippen LogP contribution is -2.12. The third kappa shape index (κ3) is 3.56. The smallest absolute Gasteiger partial charge is 0.224 e. The topological polar surface area (TPSA) is 51.2 Å². The van der Waals surface area contributed by atoms with Gasteiger partial charge in [-0.3, -0.25) is 9.78 Å². The van der Waals surface area contributed by atoms with E-state index in [0.29, 0.717) is 6.42 Å². The molecule has 0 unspecified atom stereocenters. The molecule has 0 radical (unpaired) electrons. The van der Waals surface area contributed by atoms with E-state index in [1.165, 1.54) is 25.7 Å². The largest absolute Gasteiger partial charge is 0.497 e. The van der Waals surface area contributed by atoms with Gasteiger partial charge in [0, 0.05) is 17.9 Å². The number of carbonyl (C=O) groups excluding carboxylic acids is 1. The monoisotopic (exact) mass is 298 g/mol. The molecule has 1 aromatic heterocycles. The number of amides is 1. The maximum absolute atomic E-state index is 12.0. The Morgan fingerprint density at radius 3 is 2.91 bits per heavy atom. The lowest BCUT2D eigenvalue weighted by molar-refractivity contribution is -0.116. The highest BCUT2D eigenvalue weighted by Crippen LogP contribution is 2.28. The third-order valence-corrected chi connectivity index (χ3v) is 4.43. The minimum absolute atomic E-state index is 0.0848. The SMILES string of the molecule is COc1ccc2cc(NC(=O)CCC3CCCC3)cnc2c1. The van der Waals surface area contributed by atoms with E-state index in [9.17, 15) is 4.79 Å². The van der Waals surface area contributed by atoms with Crippen LogP contribution < -0.4 is 10.1 Å². The van der Waals surface area contributed by atoms with Crippen LogP contribution in [0.3, 0.4) is 0 Å². The molecule has 1 amide bonds. The van der Waals surface area contributed by atoms with Gasteiger partial charge in [-0.1, -0.05) is 25.7 Å². The van der Waals surface area contributed by atoms with Crippen molar-refractivity contribution in [1.82, 2.24) is 4.98 Å². The van der Waals surface area contributed by atoms with E-state index in [0.717, 1.165) is 34.7 Å². The van der Waals surface area contributed by atoms with E-state index in [1.54, 1.807) is 13.3 Å². The van der Waals surface area contributed by atoms with Crippen LogP contribution in [0.2, 0.25) is 0 Å². The fraction of sp³-hybridized carbons (Fsp3) is 0.444. The van der Waals surface area contributed by atoms with Crippen LogP contribution in [0.25, 0.3) is 10.9 Å². The summed E-state index contributed by atoms with van der Waals surface area (Å²) in [5.74, 6) is 1.61. The summed E-state index contributed by atoms with van der Waals surface area (Å²) in [6.07, 6.45) is 8.53. The molecular weight excluding hydrogens is 276 g/mol. The second-order valence-electron chi connectivity index (χ2n) is 6.02. The fourth-order valence-corrected chi connectivity index (χ4v) is 3.15. The van der Waals surface area contributed by atoms with Crippen LogP contribution in [-0.4, -0.2) is 18.0 Å². The summed E-state index contributed by atoms with van der Waals surface area (Å²) in [5.41, 5.74) is 1.62. The Labute approximate surface area is 130 Å². The number of benzene rings is 1. The maximum Gasteiger partial charge on any atom is 0.224 e. The zero-order valence-corrected chi connectivity index (χ0v) is 13.0. The van der Waals surface area contributed by atoms with Crippen molar-refractivity contribution in [3.8, 4) is 5.75 Å². The van der Waals surface area contributed by atoms with Crippen molar-refractivity contribution in [2.45, 2.75) is 38.5 Å². The molecule has 0 bridgehead atoms. The molecule has 3 rings (SSSR count). The van der Waals surface area contributed by atoms with Gasteiger partial charge in [0.15, 0.2) is 0 Å². The highest BCUT2D eigenvalue weighted by molar-refractivity contribution is 5.93. The van der Waals surface area contributed by atoms with Gasteiger partial charge in [0.05, 0.1) is 24.5 Å². The molecule has 1 fully saturated rings. The third-order valence-electron chi connectivity index (χ3n) is 4.43. The van der Waals surface area contributed by atoms with E-state index in [4.69, 9.17) is 4.74 Å². The van der Waals surface area contributed by atoms with Crippen LogP contribution in [0.1, 0.15) is 38.5 Å². The Balaban J connectivity index is 1.61. The number of anilines is 1. The Morgan fingerprint density at radius 2 is 2.14 bits per heavy atom. The lowest BCUT2D eigenvalue weighted by atomic mass is 10.0. The molecule has 2 aromatic rings. The van der Waals surface area contributed by atoms with Gasteiger partial charge in [0.25, 0.3) is 0 Å². The van der Waals surface area contributed by atoms with Gasteiger partial charge < -0.3 is 10.1 Å². The Morgan fingerprint density at radius 1 is 1.32 bits per heavy atom. The van der Waals surface area contributed by atoms with Gasteiger partial charge in [-0.15, -0.1) is 0 Å². The van der Waals surface area contributed by atoms with Crippen LogP contribution in [0, 0.1) is 5.92 Å². The number of carbonyl (C=O) groups is 1. The lowest BCUT2D eigenvalue weighted by Gasteiger charge is -2.09. The first-order valence-electron chi connectivity index (χ1n) is 7.98. The summed E-state index contributed by atoms with van der Waals surface area (Å²) in [6, 6.07) is 7.70. The Hall–Kier alpha value is -2.10. The molecule has 0 saturated heterocycles. The normalized spacial score (nSPS) is 15.1. The van der Waals surface area contributed by atoms with Crippen LogP contribution in [0.4, 0.5) is 5.69 Å². The number of hydrogen-bond donors (Lipinski definition) is 1. The average molecular weight is 298 g/mol. The van der Waals surface area contributed by atoms with Crippen molar-refractivity contribution < 1.29 is 9.53 Å². The number of fused-ring (bicyclic) bond motifs is 1. The van der Waals surface area contributed by atoms with Crippen molar-refractivity contribution >= 4 is 22.5 Å². The molecule has 1 heterocycles. The quantitative estimate of drug-likeness (QED) is 0.902. The molecule has 1 aromatic carbocycles. The first kappa shape index (κ1) is 14.8. The van der Waals surface area contributed by atoms with E-state index in [1.807, 2.05) is 24.3 Å². The summed E-state index contributed by atoms with van der Waals surface area (Å²) >= 11 is 0. The number of hydrogen-bond acceptors (Lipinski definition) is 3.